The number of hydrogen-bond acceptors (Lipinski definition) is 6. The van der Waals surface area contributed by atoms with E-state index in [1.807, 2.05) is 39.0 Å². The molecule has 0 spiro atoms. The smallest absolute Gasteiger partial charge is 0.305 e. The Morgan fingerprint density at radius 2 is 1.54 bits per heavy atom. The van der Waals surface area contributed by atoms with E-state index in [1.54, 1.807) is 0 Å². The summed E-state index contributed by atoms with van der Waals surface area (Å²) in [4.78, 5) is 41.0. The van der Waals surface area contributed by atoms with Gasteiger partial charge in [-0.1, -0.05) is 11.6 Å². The molecule has 2 aliphatic heterocycles. The number of nitrogens with zero attached hydrogens (tertiary/aromatic N) is 2. The van der Waals surface area contributed by atoms with E-state index in [4.69, 9.17) is 31.0 Å². The van der Waals surface area contributed by atoms with Crippen molar-refractivity contribution in [3.05, 3.63) is 68.8 Å². The maximum absolute atomic E-state index is 12.1. The Labute approximate surface area is 243 Å². The first kappa shape index (κ1) is 28.4. The molecule has 5 rings (SSSR count). The molecule has 0 radical (unpaired) electrons. The largest absolute Gasteiger partial charge is 0.469 e. The molecule has 3 aromatic heterocycles. The van der Waals surface area contributed by atoms with Crippen molar-refractivity contribution in [3.8, 4) is 0 Å². The fourth-order valence-electron chi connectivity index (χ4n) is 5.35. The third kappa shape index (κ3) is 5.57. The molecule has 3 aromatic rings. The summed E-state index contributed by atoms with van der Waals surface area (Å²) in [5, 5.41) is 0.447. The summed E-state index contributed by atoms with van der Waals surface area (Å²) in [6.45, 7) is 8.08. The van der Waals surface area contributed by atoms with Crippen LogP contribution in [0, 0.1) is 13.8 Å². The monoisotopic (exact) mass is 572 g/mol. The van der Waals surface area contributed by atoms with E-state index >= 15 is 0 Å². The van der Waals surface area contributed by atoms with Crippen molar-refractivity contribution >= 4 is 68.4 Å². The standard InChI is InChI=1S/C32H33ClN4O4/c1-16-11-20-13-23-17(2)12-28(35-23)31(33)32-19(4)22(8-10-30(39)41-6)27(37-32)15-26-21(7-9-29(38)40-5)18(3)25(36-26)14-24(16)34-20/h11-15,34,36H,7-10H2,1-6H3. The Balaban J connectivity index is 1.86. The molecule has 9 heteroatoms. The normalized spacial score (nSPS) is 12.9. The second-order valence-electron chi connectivity index (χ2n) is 10.4. The summed E-state index contributed by atoms with van der Waals surface area (Å²) in [7, 11) is 2.78. The Morgan fingerprint density at radius 3 is 2.24 bits per heavy atom. The highest BCUT2D eigenvalue weighted by Gasteiger charge is 2.23. The van der Waals surface area contributed by atoms with Crippen molar-refractivity contribution in [1.82, 2.24) is 19.9 Å². The third-order valence-corrected chi connectivity index (χ3v) is 8.16. The lowest BCUT2D eigenvalue weighted by molar-refractivity contribution is -0.141. The molecule has 8 bridgehead atoms. The zero-order valence-corrected chi connectivity index (χ0v) is 24.9. The molecule has 0 saturated carbocycles. The van der Waals surface area contributed by atoms with Gasteiger partial charge in [0.1, 0.15) is 0 Å². The number of esters is 2. The number of aryl methyl sites for hydroxylation is 3. The van der Waals surface area contributed by atoms with Crippen LogP contribution in [0.5, 0.6) is 0 Å². The lowest BCUT2D eigenvalue weighted by Gasteiger charge is -2.05. The third-order valence-electron chi connectivity index (χ3n) is 7.78. The number of allylic oxidation sites excluding steroid dienone is 3. The van der Waals surface area contributed by atoms with Crippen molar-refractivity contribution in [2.24, 2.45) is 0 Å². The fraction of sp³-hybridized carbons (Fsp3) is 0.312. The molecule has 0 aromatic carbocycles. The van der Waals surface area contributed by atoms with Gasteiger partial charge in [0.2, 0.25) is 0 Å². The topological polar surface area (TPSA) is 110 Å². The Morgan fingerprint density at radius 1 is 0.829 bits per heavy atom. The molecule has 0 fully saturated rings. The van der Waals surface area contributed by atoms with Crippen LogP contribution in [0.25, 0.3) is 44.9 Å². The number of hydrogen-bond donors (Lipinski definition) is 2. The maximum Gasteiger partial charge on any atom is 0.305 e. The number of methoxy groups -OCH3 is 2. The summed E-state index contributed by atoms with van der Waals surface area (Å²) >= 11 is 6.98. The molecular weight excluding hydrogens is 540 g/mol. The van der Waals surface area contributed by atoms with Crippen LogP contribution in [0.3, 0.4) is 0 Å². The van der Waals surface area contributed by atoms with E-state index < -0.39 is 0 Å². The first-order valence-electron chi connectivity index (χ1n) is 13.5. The minimum absolute atomic E-state index is 0.208. The van der Waals surface area contributed by atoms with Crippen LogP contribution in [-0.4, -0.2) is 46.1 Å². The molecule has 0 aliphatic carbocycles. The number of carbonyl (C=O) groups excluding carboxylic acids is 2. The maximum atomic E-state index is 12.1. The Kier molecular flexibility index (Phi) is 7.87. The van der Waals surface area contributed by atoms with Crippen molar-refractivity contribution in [2.75, 3.05) is 14.2 Å². The molecule has 8 nitrogen and oxygen atoms in total. The zero-order chi connectivity index (χ0) is 29.4. The number of aromatic nitrogens is 4. The van der Waals surface area contributed by atoms with Crippen LogP contribution in [0.4, 0.5) is 0 Å². The zero-order valence-electron chi connectivity index (χ0n) is 24.1. The van der Waals surface area contributed by atoms with Gasteiger partial charge in [-0.05, 0) is 104 Å². The molecule has 0 unspecified atom stereocenters. The van der Waals surface area contributed by atoms with Crippen molar-refractivity contribution in [1.29, 1.82) is 0 Å². The van der Waals surface area contributed by atoms with Crippen molar-refractivity contribution in [3.63, 3.8) is 0 Å². The lowest BCUT2D eigenvalue weighted by atomic mass is 10.0. The number of ether oxygens (including phenoxy) is 2. The molecule has 2 aliphatic rings. The number of halogens is 1. The van der Waals surface area contributed by atoms with Crippen LogP contribution in [0.1, 0.15) is 72.6 Å². The van der Waals surface area contributed by atoms with Gasteiger partial charge in [0.15, 0.2) is 0 Å². The van der Waals surface area contributed by atoms with Gasteiger partial charge in [-0.25, -0.2) is 9.97 Å². The summed E-state index contributed by atoms with van der Waals surface area (Å²) in [6, 6.07) is 8.17. The van der Waals surface area contributed by atoms with Crippen LogP contribution >= 0.6 is 11.6 Å². The number of rotatable bonds is 6. The fourth-order valence-corrected chi connectivity index (χ4v) is 5.63. The van der Waals surface area contributed by atoms with Crippen molar-refractivity contribution < 1.29 is 19.1 Å². The van der Waals surface area contributed by atoms with Gasteiger partial charge in [0.05, 0.1) is 42.0 Å². The first-order valence-corrected chi connectivity index (χ1v) is 13.9. The van der Waals surface area contributed by atoms with E-state index in [2.05, 4.69) is 29.0 Å². The van der Waals surface area contributed by atoms with Crippen LogP contribution in [0.15, 0.2) is 24.3 Å². The van der Waals surface area contributed by atoms with Gasteiger partial charge in [0.25, 0.3) is 0 Å². The highest BCUT2D eigenvalue weighted by Crippen LogP contribution is 2.38. The summed E-state index contributed by atoms with van der Waals surface area (Å²) < 4.78 is 9.82. The summed E-state index contributed by atoms with van der Waals surface area (Å²) in [6.07, 6.45) is 3.35. The quantitative estimate of drug-likeness (QED) is 0.304. The SMILES string of the molecule is COC(=O)CCC1=C(C)c2nc1cc1[nH]c(cc3[nH]c(cc4nc(c2Cl)C=C4C)cc3C)c(C)c1CCC(=O)OC. The molecule has 0 atom stereocenters. The van der Waals surface area contributed by atoms with E-state index in [1.165, 1.54) is 14.2 Å². The molecule has 2 N–H and O–H groups in total. The first-order chi connectivity index (χ1) is 19.6. The second-order valence-corrected chi connectivity index (χ2v) is 10.8. The molecule has 212 valence electrons. The van der Waals surface area contributed by atoms with Gasteiger partial charge >= 0.3 is 11.9 Å². The van der Waals surface area contributed by atoms with Gasteiger partial charge in [-0.3, -0.25) is 9.59 Å². The van der Waals surface area contributed by atoms with E-state index in [-0.39, 0.29) is 24.8 Å². The average Bonchev–Trinajstić information content (AvgIpc) is 3.66. The number of aromatic amines is 2. The van der Waals surface area contributed by atoms with Gasteiger partial charge in [-0.15, -0.1) is 0 Å². The van der Waals surface area contributed by atoms with E-state index in [9.17, 15) is 9.59 Å². The highest BCUT2D eigenvalue weighted by atomic mass is 35.5. The molecule has 41 heavy (non-hydrogen) atoms. The number of carbonyl (C=O) groups is 2. The molecule has 0 amide bonds. The van der Waals surface area contributed by atoms with Gasteiger partial charge in [0, 0.05) is 34.9 Å². The van der Waals surface area contributed by atoms with E-state index in [0.29, 0.717) is 34.9 Å². The van der Waals surface area contributed by atoms with Crippen LogP contribution in [0.2, 0.25) is 5.02 Å². The van der Waals surface area contributed by atoms with Gasteiger partial charge < -0.3 is 19.4 Å². The molecule has 0 saturated heterocycles. The highest BCUT2D eigenvalue weighted by molar-refractivity contribution is 6.34. The average molecular weight is 573 g/mol. The number of nitrogens with one attached hydrogen (secondary N) is 2. The van der Waals surface area contributed by atoms with Gasteiger partial charge in [-0.2, -0.15) is 0 Å². The second kappa shape index (κ2) is 11.4. The minimum Gasteiger partial charge on any atom is -0.469 e. The van der Waals surface area contributed by atoms with Crippen LogP contribution < -0.4 is 0 Å². The minimum atomic E-state index is -0.299. The summed E-state index contributed by atoms with van der Waals surface area (Å²) in [5.41, 5.74) is 12.4. The van der Waals surface area contributed by atoms with E-state index in [0.717, 1.165) is 61.2 Å². The van der Waals surface area contributed by atoms with Crippen LogP contribution in [-0.2, 0) is 25.5 Å². The molecular formula is C32H33ClN4O4. The lowest BCUT2D eigenvalue weighted by Crippen LogP contribution is -2.02. The predicted molar refractivity (Wildman–Crippen MR) is 163 cm³/mol. The predicted octanol–water partition coefficient (Wildman–Crippen LogP) is 7.14. The number of H-pyrrole nitrogens is 2. The Bertz CT molecular complexity index is 1810. The van der Waals surface area contributed by atoms with Crippen molar-refractivity contribution in [2.45, 2.75) is 53.4 Å². The number of fused-ring (bicyclic) bond motifs is 8. The Hall–Kier alpha value is -4.17. The summed E-state index contributed by atoms with van der Waals surface area (Å²) in [5.74, 6) is -0.575. The molecule has 5 heterocycles.